The molecule has 0 heterocycles. The van der Waals surface area contributed by atoms with Gasteiger partial charge in [-0.3, -0.25) is 0 Å². The average molecular weight is 1950 g/mol. The van der Waals surface area contributed by atoms with E-state index in [1.165, 1.54) is 0 Å². The van der Waals surface area contributed by atoms with Crippen molar-refractivity contribution in [1.82, 2.24) is 0 Å². The molecule has 0 aliphatic heterocycles. The van der Waals surface area contributed by atoms with E-state index in [9.17, 15) is 5.11 Å². The van der Waals surface area contributed by atoms with Crippen molar-refractivity contribution in [2.24, 2.45) is 0 Å². The van der Waals surface area contributed by atoms with E-state index in [1.54, 1.807) is 56.9 Å². The normalized spacial score (nSPS) is 11.5. The van der Waals surface area contributed by atoms with Crippen LogP contribution in [0.2, 0.25) is 0 Å². The maximum absolute atomic E-state index is 11.3. The van der Waals surface area contributed by atoms with Crippen LogP contribution < -0.4 is 37.9 Å². The molecule has 0 unspecified atom stereocenters. The molecule has 0 amide bonds. The Hall–Kier alpha value is -8.06. The minimum atomic E-state index is -0.194. The van der Waals surface area contributed by atoms with E-state index in [-0.39, 0.29) is 59.5 Å². The van der Waals surface area contributed by atoms with Gasteiger partial charge in [-0.05, 0) is 159 Å². The smallest absolute Gasteiger partial charge is 0.123 e. The summed E-state index contributed by atoms with van der Waals surface area (Å²) in [6.07, 6.45) is 2.99. The van der Waals surface area contributed by atoms with Gasteiger partial charge in [0.2, 0.25) is 0 Å². The summed E-state index contributed by atoms with van der Waals surface area (Å²) in [4.78, 5) is 0. The summed E-state index contributed by atoms with van der Waals surface area (Å²) >= 11 is 0. The van der Waals surface area contributed by atoms with Crippen molar-refractivity contribution in [3.63, 3.8) is 0 Å². The average Bonchev–Trinajstić information content (AvgIpc) is 0.823. The molecule has 774 valence electrons. The summed E-state index contributed by atoms with van der Waals surface area (Å²) in [6.45, 7) is 19.3. The van der Waals surface area contributed by atoms with Crippen LogP contribution in [0.4, 0.5) is 0 Å². The maximum Gasteiger partial charge on any atom is 0.123 e. The molecule has 1 N–H and O–H groups in total. The SMILES string of the molecule is COCCOCCOCCOc1cc(Cc2cc(Cc3cc(CO)cc(Cc4cc(Cc5cc(OCCOCCOCCOC)cc(OCCOCCOCCOC)c5)cc(Cc5cc(OCCOCCOCCOC)cc(OCCOCCOCCOC)c5)c4)c3)cc(Cc3cc(OCCOCCOCCOC)cc(OCCOCCOCCOC)c3)c2)cc(OCCOCCOCCOC)c1. The second-order valence-electron chi connectivity index (χ2n) is 31.5. The van der Waals surface area contributed by atoms with Gasteiger partial charge < -0.3 is 157 Å². The summed E-state index contributed by atoms with van der Waals surface area (Å²) < 4.78 is 185. The van der Waals surface area contributed by atoms with Crippen LogP contribution in [0.5, 0.6) is 46.0 Å². The molecule has 7 aromatic rings. The van der Waals surface area contributed by atoms with E-state index in [2.05, 4.69) is 54.6 Å². The third-order valence-corrected chi connectivity index (χ3v) is 20.1. The second kappa shape index (κ2) is 79.5. The molecule has 0 atom stereocenters. The van der Waals surface area contributed by atoms with E-state index < -0.39 is 0 Å². The summed E-state index contributed by atoms with van der Waals surface area (Å²) in [5.74, 6) is 4.94. The number of ether oxygens (including phenoxy) is 32. The van der Waals surface area contributed by atoms with Crippen molar-refractivity contribution >= 4 is 0 Å². The first-order valence-corrected chi connectivity index (χ1v) is 47.8. The zero-order valence-corrected chi connectivity index (χ0v) is 83.0. The van der Waals surface area contributed by atoms with Gasteiger partial charge in [-0.25, -0.2) is 0 Å². The number of hydrogen-bond donors (Lipinski definition) is 1. The van der Waals surface area contributed by atoms with Gasteiger partial charge in [0.05, 0.1) is 271 Å². The van der Waals surface area contributed by atoms with Crippen molar-refractivity contribution in [2.45, 2.75) is 45.1 Å². The van der Waals surface area contributed by atoms with Gasteiger partial charge >= 0.3 is 0 Å². The molecule has 0 spiro atoms. The quantitative estimate of drug-likeness (QED) is 0.0346. The highest BCUT2D eigenvalue weighted by Crippen LogP contribution is 2.33. The minimum Gasteiger partial charge on any atom is -0.491 e. The molecule has 0 radical (unpaired) electrons. The van der Waals surface area contributed by atoms with Crippen LogP contribution in [0.25, 0.3) is 0 Å². The molecule has 138 heavy (non-hydrogen) atoms. The zero-order chi connectivity index (χ0) is 97.5. The first kappa shape index (κ1) is 117. The number of benzene rings is 7. The van der Waals surface area contributed by atoms with Gasteiger partial charge in [0.15, 0.2) is 0 Å². The summed E-state index contributed by atoms with van der Waals surface area (Å²) in [5, 5.41) is 11.3. The Balaban J connectivity index is 1.29. The Morgan fingerprint density at radius 1 is 0.123 bits per heavy atom. The molecule has 0 aliphatic carbocycles. The lowest BCUT2D eigenvalue weighted by Gasteiger charge is -2.16. The zero-order valence-electron chi connectivity index (χ0n) is 83.0. The molecule has 0 saturated carbocycles. The summed E-state index contributed by atoms with van der Waals surface area (Å²) in [7, 11) is 13.1. The van der Waals surface area contributed by atoms with Crippen LogP contribution in [0, 0.1) is 0 Å². The molecular weight excluding hydrogens is 1790 g/mol. The highest BCUT2D eigenvalue weighted by Gasteiger charge is 2.18. The third kappa shape index (κ3) is 57.1. The van der Waals surface area contributed by atoms with Gasteiger partial charge in [-0.1, -0.05) is 54.6 Å². The lowest BCUT2D eigenvalue weighted by molar-refractivity contribution is 0.0174. The third-order valence-electron chi connectivity index (χ3n) is 20.1. The van der Waals surface area contributed by atoms with Crippen molar-refractivity contribution in [3.05, 3.63) is 200 Å². The number of hydrogen-bond acceptors (Lipinski definition) is 33. The van der Waals surface area contributed by atoms with Crippen LogP contribution >= 0.6 is 0 Å². The van der Waals surface area contributed by atoms with Crippen LogP contribution in [0.3, 0.4) is 0 Å². The Morgan fingerprint density at radius 3 is 0.341 bits per heavy atom. The summed E-state index contributed by atoms with van der Waals surface area (Å²) in [5.41, 5.74) is 12.8. The van der Waals surface area contributed by atoms with Gasteiger partial charge in [-0.2, -0.15) is 0 Å². The van der Waals surface area contributed by atoms with Gasteiger partial charge in [0.1, 0.15) is 98.9 Å². The fourth-order valence-corrected chi connectivity index (χ4v) is 13.9. The molecule has 7 rings (SSSR count). The predicted molar refractivity (Wildman–Crippen MR) is 520 cm³/mol. The lowest BCUT2D eigenvalue weighted by Crippen LogP contribution is -2.13. The fourth-order valence-electron chi connectivity index (χ4n) is 13.9. The minimum absolute atomic E-state index is 0.194. The highest BCUT2D eigenvalue weighted by atomic mass is 16.6. The molecule has 0 saturated heterocycles. The lowest BCUT2D eigenvalue weighted by atomic mass is 9.91. The number of aliphatic hydroxyl groups is 1. The monoisotopic (exact) mass is 1950 g/mol. The van der Waals surface area contributed by atoms with Crippen LogP contribution in [-0.2, 0) is 159 Å². The van der Waals surface area contributed by atoms with Crippen LogP contribution in [-0.4, -0.2) is 379 Å². The van der Waals surface area contributed by atoms with Crippen molar-refractivity contribution in [1.29, 1.82) is 0 Å². The Bertz CT molecular complexity index is 3520. The van der Waals surface area contributed by atoms with Gasteiger partial charge in [0, 0.05) is 81.1 Å². The number of aliphatic hydroxyl groups excluding tert-OH is 1. The first-order chi connectivity index (χ1) is 68.1. The summed E-state index contributed by atoms with van der Waals surface area (Å²) in [6, 6.07) is 43.9. The standard InChI is InChI=1S/C105H156O33/c1-107-9-17-115-25-33-123-41-49-131-98-72-93(73-99(80-98)132-50-42-124-34-26-116-18-10-108-2)66-87-57-85(58-88(61-87)67-94-74-100(133-51-43-125-35-27-117-19-11-109-3)81-101(75-94)134-52-44-126-36-28-118-20-12-110-4)63-91-65-92(71-97(70-91)84-106)64-86-59-89(68-95-76-102(135-53-45-127-37-29-119-21-13-111-5)82-103(77-95)136-54-46-128-38-30-120-22-14-112-6)62-90(60-86)69-96-78-104(137-55-47-129-39-31-121-23-15-113-7)83-105(79-96)138-56-48-130-40-32-122-24-16-114-8/h57-62,65,70-83,106H,9-56,63-64,66-69,84H2,1-8H3. The predicted octanol–water partition coefficient (Wildman–Crippen LogP) is 11.2. The van der Waals surface area contributed by atoms with E-state index in [0.29, 0.717) is 349 Å². The molecular formula is C105H156O33. The highest BCUT2D eigenvalue weighted by molar-refractivity contribution is 5.49. The van der Waals surface area contributed by atoms with E-state index >= 15 is 0 Å². The van der Waals surface area contributed by atoms with Crippen molar-refractivity contribution < 1.29 is 157 Å². The Labute approximate surface area is 817 Å². The van der Waals surface area contributed by atoms with E-state index in [0.717, 1.165) is 72.3 Å². The van der Waals surface area contributed by atoms with E-state index in [1.807, 2.05) is 72.8 Å². The number of rotatable bonds is 93. The molecule has 0 aromatic heterocycles. The first-order valence-electron chi connectivity index (χ1n) is 47.8. The van der Waals surface area contributed by atoms with Crippen LogP contribution in [0.15, 0.2) is 127 Å². The molecule has 0 aliphatic rings. The van der Waals surface area contributed by atoms with E-state index in [4.69, 9.17) is 152 Å². The Morgan fingerprint density at radius 2 is 0.225 bits per heavy atom. The second-order valence-corrected chi connectivity index (χ2v) is 31.5. The topological polar surface area (TPSA) is 316 Å². The molecule has 33 heteroatoms. The molecule has 33 nitrogen and oxygen atoms in total. The fraction of sp³-hybridized carbons (Fsp3) is 0.600. The van der Waals surface area contributed by atoms with Crippen LogP contribution in [0.1, 0.15) is 72.3 Å². The van der Waals surface area contributed by atoms with Gasteiger partial charge in [-0.15, -0.1) is 0 Å². The van der Waals surface area contributed by atoms with Crippen molar-refractivity contribution in [2.75, 3.05) is 374 Å². The van der Waals surface area contributed by atoms with Gasteiger partial charge in [0.25, 0.3) is 0 Å². The largest absolute Gasteiger partial charge is 0.491 e. The molecule has 0 bridgehead atoms. The molecule has 0 fully saturated rings. The maximum atomic E-state index is 11.3. The Kier molecular flexibility index (Phi) is 67.3. The molecule has 7 aromatic carbocycles. The number of methoxy groups -OCH3 is 8. The van der Waals surface area contributed by atoms with Crippen molar-refractivity contribution in [3.8, 4) is 46.0 Å².